The van der Waals surface area contributed by atoms with Crippen LogP contribution in [0.3, 0.4) is 0 Å². The summed E-state index contributed by atoms with van der Waals surface area (Å²) >= 11 is 6.53. The molecule has 0 saturated heterocycles. The third-order valence-electron chi connectivity index (χ3n) is 10.1. The molecule has 1 unspecified atom stereocenters. The minimum absolute atomic E-state index is 0.0656. The highest BCUT2D eigenvalue weighted by molar-refractivity contribution is 7.92. The summed E-state index contributed by atoms with van der Waals surface area (Å²) in [6.07, 6.45) is -3.36. The minimum atomic E-state index is -3.98. The van der Waals surface area contributed by atoms with Crippen LogP contribution in [0.2, 0.25) is 5.02 Å². The summed E-state index contributed by atoms with van der Waals surface area (Å²) in [6.45, 7) is 0. The lowest BCUT2D eigenvalue weighted by molar-refractivity contribution is -0.122. The maximum Gasteiger partial charge on any atom is 0.293 e. The molecule has 56 heavy (non-hydrogen) atoms. The lowest BCUT2D eigenvalue weighted by atomic mass is 9.89. The molecule has 1 fully saturated rings. The first-order valence-corrected chi connectivity index (χ1v) is 18.9. The van der Waals surface area contributed by atoms with E-state index in [1.165, 1.54) is 31.3 Å². The average Bonchev–Trinajstić information content (AvgIpc) is 3.61. The number of halogens is 8. The molecule has 0 radical (unpaired) electrons. The summed E-state index contributed by atoms with van der Waals surface area (Å²) in [5.41, 5.74) is 1.48. The number of aromatic nitrogens is 6. The number of primary amides is 1. The number of nitrogens with zero attached hydrogens (tertiary/aromatic N) is 6. The fourth-order valence-electron chi connectivity index (χ4n) is 7.91. The Balaban J connectivity index is 1.49. The van der Waals surface area contributed by atoms with E-state index in [9.17, 15) is 35.6 Å². The van der Waals surface area contributed by atoms with Crippen molar-refractivity contribution in [1.82, 2.24) is 29.1 Å². The first-order valence-electron chi connectivity index (χ1n) is 16.7. The standard InChI is InChI=1S/C35H26ClF7N8O4S/c1-49-28-22(7-6-19(36)24(28)32(47-49)48-56(2,54)55)50-33(45-21-5-3-4-20(39)25(21)34(50)53)17(10-13-8-14(37)11-15(38)9-13)27(31(44)52)51-29-23(26(46-51)30(40)41)16-12-18(16)35(29,42)43/h3-9,11,16-18,27,30H,10,12H2,1-2H3,(H2,44,52)(H,47,48)/t16-,17-,18+,27?/m0/s1. The van der Waals surface area contributed by atoms with Crippen molar-refractivity contribution in [2.45, 2.75) is 43.1 Å². The molecule has 12 nitrogen and oxygen atoms in total. The van der Waals surface area contributed by atoms with E-state index in [2.05, 4.69) is 19.9 Å². The molecule has 21 heteroatoms. The highest BCUT2D eigenvalue weighted by Gasteiger charge is 2.67. The molecule has 3 N–H and O–H groups in total. The van der Waals surface area contributed by atoms with Gasteiger partial charge in [0.2, 0.25) is 15.9 Å². The van der Waals surface area contributed by atoms with Gasteiger partial charge < -0.3 is 5.73 Å². The molecule has 3 heterocycles. The second-order valence-electron chi connectivity index (χ2n) is 13.8. The monoisotopic (exact) mass is 822 g/mol. The summed E-state index contributed by atoms with van der Waals surface area (Å²) in [5, 5.41) is 7.28. The van der Waals surface area contributed by atoms with Crippen LogP contribution in [-0.2, 0) is 34.2 Å². The molecule has 8 rings (SSSR count). The van der Waals surface area contributed by atoms with Crippen molar-refractivity contribution in [3.05, 3.63) is 110 Å². The van der Waals surface area contributed by atoms with Crippen molar-refractivity contribution in [2.75, 3.05) is 11.0 Å². The number of sulfonamides is 1. The van der Waals surface area contributed by atoms with Gasteiger partial charge in [0.25, 0.3) is 17.9 Å². The highest BCUT2D eigenvalue weighted by atomic mass is 35.5. The van der Waals surface area contributed by atoms with Crippen LogP contribution in [0, 0.1) is 23.4 Å². The number of hydrogen-bond donors (Lipinski definition) is 2. The van der Waals surface area contributed by atoms with Crippen LogP contribution in [0.1, 0.15) is 59.1 Å². The van der Waals surface area contributed by atoms with Gasteiger partial charge in [-0.25, -0.2) is 40.0 Å². The number of nitrogens with two attached hydrogens (primary N) is 1. The van der Waals surface area contributed by atoms with Gasteiger partial charge in [-0.3, -0.25) is 23.6 Å². The van der Waals surface area contributed by atoms with Crippen LogP contribution >= 0.6 is 11.6 Å². The Bertz CT molecular complexity index is 2820. The van der Waals surface area contributed by atoms with E-state index in [0.29, 0.717) is 10.7 Å². The van der Waals surface area contributed by atoms with Gasteiger partial charge in [-0.15, -0.1) is 0 Å². The number of fused-ring (bicyclic) bond motifs is 5. The molecule has 1 amide bonds. The molecule has 0 spiro atoms. The molecule has 6 aromatic rings. The minimum Gasteiger partial charge on any atom is -0.368 e. The molecule has 2 aliphatic rings. The quantitative estimate of drug-likeness (QED) is 0.158. The molecular weight excluding hydrogens is 797 g/mol. The number of carbonyl (C=O) groups excluding carboxylic acids is 1. The normalized spacial score (nSPS) is 18.3. The number of aryl methyl sites for hydroxylation is 1. The third kappa shape index (κ3) is 5.87. The van der Waals surface area contributed by atoms with E-state index in [1.807, 2.05) is 0 Å². The van der Waals surface area contributed by atoms with Gasteiger partial charge in [0.15, 0.2) is 5.82 Å². The second kappa shape index (κ2) is 12.8. The van der Waals surface area contributed by atoms with Crippen LogP contribution in [0.15, 0.2) is 53.3 Å². The van der Waals surface area contributed by atoms with Gasteiger partial charge in [0.1, 0.15) is 46.1 Å². The van der Waals surface area contributed by atoms with Crippen molar-refractivity contribution in [1.29, 1.82) is 0 Å². The molecule has 3 aromatic carbocycles. The predicted molar refractivity (Wildman–Crippen MR) is 188 cm³/mol. The maximum atomic E-state index is 16.0. The first-order chi connectivity index (χ1) is 26.3. The number of carbonyl (C=O) groups is 1. The molecule has 292 valence electrons. The summed E-state index contributed by atoms with van der Waals surface area (Å²) in [4.78, 5) is 33.0. The Labute approximate surface area is 315 Å². The maximum absolute atomic E-state index is 16.0. The number of benzene rings is 3. The van der Waals surface area contributed by atoms with E-state index < -0.39 is 110 Å². The summed E-state index contributed by atoms with van der Waals surface area (Å²) < 4.78 is 135. The molecule has 2 aliphatic carbocycles. The zero-order valence-electron chi connectivity index (χ0n) is 28.7. The van der Waals surface area contributed by atoms with Crippen molar-refractivity contribution in [2.24, 2.45) is 18.7 Å². The summed E-state index contributed by atoms with van der Waals surface area (Å²) in [7, 11) is -2.63. The van der Waals surface area contributed by atoms with E-state index in [4.69, 9.17) is 17.3 Å². The van der Waals surface area contributed by atoms with Gasteiger partial charge in [0, 0.05) is 24.6 Å². The number of amides is 1. The Morgan fingerprint density at radius 3 is 2.41 bits per heavy atom. The molecular formula is C35H26ClF7N8O4S. The molecule has 0 aliphatic heterocycles. The topological polar surface area (TPSA) is 160 Å². The van der Waals surface area contributed by atoms with Gasteiger partial charge in [-0.2, -0.15) is 19.0 Å². The largest absolute Gasteiger partial charge is 0.368 e. The Morgan fingerprint density at radius 1 is 1.07 bits per heavy atom. The second-order valence-corrected chi connectivity index (χ2v) is 15.9. The molecule has 0 bridgehead atoms. The van der Waals surface area contributed by atoms with Crippen LogP contribution in [0.5, 0.6) is 0 Å². The fourth-order valence-corrected chi connectivity index (χ4v) is 8.64. The zero-order valence-corrected chi connectivity index (χ0v) is 30.3. The van der Waals surface area contributed by atoms with Crippen LogP contribution in [-0.4, -0.2) is 49.7 Å². The summed E-state index contributed by atoms with van der Waals surface area (Å²) in [5.74, 6) is -13.5. The summed E-state index contributed by atoms with van der Waals surface area (Å²) in [6, 6.07) is 5.90. The lowest BCUT2D eigenvalue weighted by Crippen LogP contribution is -2.39. The smallest absolute Gasteiger partial charge is 0.293 e. The number of rotatable bonds is 10. The van der Waals surface area contributed by atoms with Crippen LogP contribution in [0.25, 0.3) is 27.5 Å². The number of hydrogen-bond acceptors (Lipinski definition) is 7. The van der Waals surface area contributed by atoms with E-state index >= 15 is 13.2 Å². The molecule has 1 saturated carbocycles. The van der Waals surface area contributed by atoms with E-state index in [-0.39, 0.29) is 44.9 Å². The van der Waals surface area contributed by atoms with Gasteiger partial charge in [-0.05, 0) is 60.7 Å². The van der Waals surface area contributed by atoms with Gasteiger partial charge >= 0.3 is 0 Å². The molecule has 4 atom stereocenters. The number of alkyl halides is 4. The number of nitrogens with one attached hydrogen (secondary N) is 1. The van der Waals surface area contributed by atoms with Crippen molar-refractivity contribution >= 4 is 55.2 Å². The van der Waals surface area contributed by atoms with Gasteiger partial charge in [-0.1, -0.05) is 17.7 Å². The fraction of sp³-hybridized carbons (Fsp3) is 0.286. The van der Waals surface area contributed by atoms with Gasteiger partial charge in [0.05, 0.1) is 39.3 Å². The lowest BCUT2D eigenvalue weighted by Gasteiger charge is -2.30. The predicted octanol–water partition coefficient (Wildman–Crippen LogP) is 6.11. The van der Waals surface area contributed by atoms with Crippen LogP contribution in [0.4, 0.5) is 36.6 Å². The van der Waals surface area contributed by atoms with Crippen molar-refractivity contribution in [3.8, 4) is 5.69 Å². The highest BCUT2D eigenvalue weighted by Crippen LogP contribution is 2.68. The van der Waals surface area contributed by atoms with E-state index in [1.54, 1.807) is 0 Å². The van der Waals surface area contributed by atoms with Crippen molar-refractivity contribution < 1.29 is 43.9 Å². The van der Waals surface area contributed by atoms with Crippen LogP contribution < -0.4 is 16.0 Å². The van der Waals surface area contributed by atoms with Crippen molar-refractivity contribution in [3.63, 3.8) is 0 Å². The Hall–Kier alpha value is -5.50. The third-order valence-corrected chi connectivity index (χ3v) is 11.0. The SMILES string of the molecule is Cn1nc(NS(C)(=O)=O)c2c(Cl)ccc(-n3c([C@@H](Cc4cc(F)cc(F)c4)C(C(N)=O)n4nc(C(F)F)c5c4C(F)(F)[C@@H]4C[C@H]54)nc4cccc(F)c4c3=O)c21. The molecule has 3 aromatic heterocycles. The zero-order chi connectivity index (χ0) is 40.3. The Morgan fingerprint density at radius 2 is 1.77 bits per heavy atom. The average molecular weight is 823 g/mol. The first kappa shape index (κ1) is 37.4. The Kier molecular flexibility index (Phi) is 8.53. The van der Waals surface area contributed by atoms with E-state index in [0.717, 1.165) is 33.7 Å². The number of anilines is 1.